The monoisotopic (exact) mass is 269 g/mol. The zero-order valence-electron chi connectivity index (χ0n) is 10.0. The second kappa shape index (κ2) is 5.67. The van der Waals surface area contributed by atoms with E-state index in [1.165, 1.54) is 0 Å². The molecule has 0 aromatic rings. The minimum atomic E-state index is -3.21. The Morgan fingerprint density at radius 3 is 2.69 bits per heavy atom. The molecule has 0 radical (unpaired) electrons. The normalized spacial score (nSPS) is 30.2. The van der Waals surface area contributed by atoms with Crippen LogP contribution in [-0.2, 0) is 14.8 Å². The van der Waals surface area contributed by atoms with Gasteiger partial charge in [0.15, 0.2) is 0 Å². The van der Waals surface area contributed by atoms with E-state index in [1.807, 2.05) is 20.8 Å². The lowest BCUT2D eigenvalue weighted by molar-refractivity contribution is -0.0171. The predicted molar refractivity (Wildman–Crippen MR) is 65.3 cm³/mol. The van der Waals surface area contributed by atoms with E-state index in [1.54, 1.807) is 4.31 Å². The molecule has 1 heterocycles. The second-order valence-electron chi connectivity index (χ2n) is 4.60. The molecular formula is C10H20ClNO3S. The van der Waals surface area contributed by atoms with E-state index in [0.717, 1.165) is 0 Å². The molecule has 96 valence electrons. The molecule has 1 aliphatic heterocycles. The highest BCUT2D eigenvalue weighted by molar-refractivity contribution is 7.89. The molecule has 4 nitrogen and oxygen atoms in total. The standard InChI is InChI=1S/C10H20ClNO3S/c1-8(4-11)7-16(13,14)12-5-10(3)15-6-9(12)2/h8-10H,4-7H2,1-3H3. The number of halogens is 1. The summed E-state index contributed by atoms with van der Waals surface area (Å²) >= 11 is 5.65. The van der Waals surface area contributed by atoms with E-state index >= 15 is 0 Å². The Morgan fingerprint density at radius 1 is 1.50 bits per heavy atom. The Balaban J connectivity index is 2.73. The van der Waals surface area contributed by atoms with Gasteiger partial charge in [-0.1, -0.05) is 6.92 Å². The molecule has 0 spiro atoms. The van der Waals surface area contributed by atoms with Crippen molar-refractivity contribution in [3.8, 4) is 0 Å². The quantitative estimate of drug-likeness (QED) is 0.723. The van der Waals surface area contributed by atoms with Crippen LogP contribution in [0.4, 0.5) is 0 Å². The van der Waals surface area contributed by atoms with Gasteiger partial charge >= 0.3 is 0 Å². The van der Waals surface area contributed by atoms with Crippen molar-refractivity contribution >= 4 is 21.6 Å². The van der Waals surface area contributed by atoms with Crippen molar-refractivity contribution in [2.45, 2.75) is 32.9 Å². The Morgan fingerprint density at radius 2 is 2.12 bits per heavy atom. The van der Waals surface area contributed by atoms with Gasteiger partial charge < -0.3 is 4.74 Å². The average Bonchev–Trinajstić information content (AvgIpc) is 2.20. The number of morpholine rings is 1. The van der Waals surface area contributed by atoms with Gasteiger partial charge in [0.1, 0.15) is 0 Å². The third-order valence-electron chi connectivity index (χ3n) is 2.67. The van der Waals surface area contributed by atoms with Crippen LogP contribution in [-0.4, -0.2) is 49.7 Å². The first-order valence-electron chi connectivity index (χ1n) is 5.54. The molecule has 3 unspecified atom stereocenters. The van der Waals surface area contributed by atoms with Crippen molar-refractivity contribution in [1.29, 1.82) is 0 Å². The van der Waals surface area contributed by atoms with Crippen molar-refractivity contribution in [2.75, 3.05) is 24.8 Å². The van der Waals surface area contributed by atoms with E-state index in [-0.39, 0.29) is 23.8 Å². The highest BCUT2D eigenvalue weighted by Gasteiger charge is 2.33. The molecule has 1 aliphatic rings. The van der Waals surface area contributed by atoms with Crippen molar-refractivity contribution in [1.82, 2.24) is 4.31 Å². The van der Waals surface area contributed by atoms with Gasteiger partial charge in [-0.25, -0.2) is 8.42 Å². The number of alkyl halides is 1. The van der Waals surface area contributed by atoms with E-state index in [2.05, 4.69) is 0 Å². The number of hydrogen-bond donors (Lipinski definition) is 0. The molecule has 6 heteroatoms. The summed E-state index contributed by atoms with van der Waals surface area (Å²) in [5.41, 5.74) is 0. The average molecular weight is 270 g/mol. The van der Waals surface area contributed by atoms with E-state index in [4.69, 9.17) is 16.3 Å². The Kier molecular flexibility index (Phi) is 5.04. The van der Waals surface area contributed by atoms with Crippen LogP contribution in [0.1, 0.15) is 20.8 Å². The van der Waals surface area contributed by atoms with Crippen molar-refractivity contribution in [3.63, 3.8) is 0 Å². The maximum Gasteiger partial charge on any atom is 0.214 e. The summed E-state index contributed by atoms with van der Waals surface area (Å²) in [7, 11) is -3.21. The van der Waals surface area contributed by atoms with Crippen molar-refractivity contribution in [2.24, 2.45) is 5.92 Å². The fourth-order valence-corrected chi connectivity index (χ4v) is 4.07. The smallest absolute Gasteiger partial charge is 0.214 e. The van der Waals surface area contributed by atoms with Crippen LogP contribution in [0.2, 0.25) is 0 Å². The zero-order valence-corrected chi connectivity index (χ0v) is 11.6. The number of nitrogens with zero attached hydrogens (tertiary/aromatic N) is 1. The number of hydrogen-bond acceptors (Lipinski definition) is 3. The first-order valence-corrected chi connectivity index (χ1v) is 7.68. The van der Waals surface area contributed by atoms with Gasteiger partial charge in [-0.05, 0) is 19.8 Å². The van der Waals surface area contributed by atoms with Gasteiger partial charge in [0.2, 0.25) is 10.0 Å². The predicted octanol–water partition coefficient (Wildman–Crippen LogP) is 1.30. The summed E-state index contributed by atoms with van der Waals surface area (Å²) in [5.74, 6) is 0.471. The van der Waals surface area contributed by atoms with Crippen molar-refractivity contribution in [3.05, 3.63) is 0 Å². The maximum atomic E-state index is 12.1. The lowest BCUT2D eigenvalue weighted by atomic mass is 10.2. The summed E-state index contributed by atoms with van der Waals surface area (Å²) in [6.07, 6.45) is -0.0303. The molecule has 0 bridgehead atoms. The van der Waals surface area contributed by atoms with E-state index in [9.17, 15) is 8.42 Å². The summed E-state index contributed by atoms with van der Waals surface area (Å²) in [6, 6.07) is -0.0799. The number of sulfonamides is 1. The Bertz CT molecular complexity index is 320. The maximum absolute atomic E-state index is 12.1. The summed E-state index contributed by atoms with van der Waals surface area (Å²) in [4.78, 5) is 0. The van der Waals surface area contributed by atoms with Crippen LogP contribution in [0.15, 0.2) is 0 Å². The summed E-state index contributed by atoms with van der Waals surface area (Å²) in [5, 5.41) is 0. The lowest BCUT2D eigenvalue weighted by Gasteiger charge is -2.36. The molecule has 0 aliphatic carbocycles. The largest absolute Gasteiger partial charge is 0.375 e. The molecule has 1 fully saturated rings. The third-order valence-corrected chi connectivity index (χ3v) is 5.41. The highest BCUT2D eigenvalue weighted by atomic mass is 35.5. The summed E-state index contributed by atoms with van der Waals surface area (Å²) in [6.45, 7) is 6.52. The SMILES string of the molecule is CC(CCl)CS(=O)(=O)N1CC(C)OCC1C. The van der Waals surface area contributed by atoms with Gasteiger partial charge in [-0.3, -0.25) is 0 Å². The molecule has 3 atom stereocenters. The topological polar surface area (TPSA) is 46.6 Å². The van der Waals surface area contributed by atoms with Gasteiger partial charge in [0, 0.05) is 18.5 Å². The van der Waals surface area contributed by atoms with Crippen LogP contribution in [0.3, 0.4) is 0 Å². The fraction of sp³-hybridized carbons (Fsp3) is 1.00. The number of rotatable bonds is 4. The van der Waals surface area contributed by atoms with E-state index < -0.39 is 10.0 Å². The molecule has 0 saturated carbocycles. The van der Waals surface area contributed by atoms with Gasteiger partial charge in [0.05, 0.1) is 18.5 Å². The first-order chi connectivity index (χ1) is 7.36. The van der Waals surface area contributed by atoms with E-state index in [0.29, 0.717) is 19.0 Å². The van der Waals surface area contributed by atoms with Crippen LogP contribution in [0.5, 0.6) is 0 Å². The lowest BCUT2D eigenvalue weighted by Crippen LogP contribution is -2.51. The van der Waals surface area contributed by atoms with Gasteiger partial charge in [-0.15, -0.1) is 11.6 Å². The third kappa shape index (κ3) is 3.58. The minimum Gasteiger partial charge on any atom is -0.375 e. The van der Waals surface area contributed by atoms with Crippen LogP contribution in [0, 0.1) is 5.92 Å². The fourth-order valence-electron chi connectivity index (χ4n) is 1.76. The van der Waals surface area contributed by atoms with Crippen LogP contribution >= 0.6 is 11.6 Å². The second-order valence-corrected chi connectivity index (χ2v) is 6.88. The Labute approximate surface area is 103 Å². The minimum absolute atomic E-state index is 0.0167. The van der Waals surface area contributed by atoms with Gasteiger partial charge in [0.25, 0.3) is 0 Å². The highest BCUT2D eigenvalue weighted by Crippen LogP contribution is 2.18. The molecular weight excluding hydrogens is 250 g/mol. The summed E-state index contributed by atoms with van der Waals surface area (Å²) < 4.78 is 31.2. The molecule has 0 aromatic heterocycles. The van der Waals surface area contributed by atoms with Crippen molar-refractivity contribution < 1.29 is 13.2 Å². The molecule has 1 rings (SSSR count). The molecule has 16 heavy (non-hydrogen) atoms. The number of ether oxygens (including phenoxy) is 1. The Hall–Kier alpha value is 0.160. The molecule has 0 amide bonds. The first kappa shape index (κ1) is 14.2. The molecule has 0 N–H and O–H groups in total. The molecule has 0 aromatic carbocycles. The zero-order chi connectivity index (χ0) is 12.3. The van der Waals surface area contributed by atoms with Gasteiger partial charge in [-0.2, -0.15) is 4.31 Å². The molecule has 1 saturated heterocycles. The van der Waals surface area contributed by atoms with Crippen LogP contribution < -0.4 is 0 Å². The van der Waals surface area contributed by atoms with Crippen LogP contribution in [0.25, 0.3) is 0 Å².